The van der Waals surface area contributed by atoms with E-state index < -0.39 is 0 Å². The lowest BCUT2D eigenvalue weighted by molar-refractivity contribution is 0.532. The second-order valence-electron chi connectivity index (χ2n) is 2.68. The highest BCUT2D eigenvalue weighted by atomic mass is 19.1. The fraction of sp³-hybridized carbons (Fsp3) is 0.500. The topological polar surface area (TPSA) is 0 Å². The van der Waals surface area contributed by atoms with Crippen LogP contribution >= 0.6 is 0 Å². The minimum atomic E-state index is 0.0162. The van der Waals surface area contributed by atoms with Crippen molar-refractivity contribution < 1.29 is 4.39 Å². The minimum absolute atomic E-state index is 0.0162. The van der Waals surface area contributed by atoms with Crippen LogP contribution in [0, 0.1) is 5.92 Å². The molecule has 1 rings (SSSR count). The van der Waals surface area contributed by atoms with Crippen LogP contribution in [0.4, 0.5) is 4.39 Å². The molecule has 0 aromatic carbocycles. The van der Waals surface area contributed by atoms with Gasteiger partial charge in [0.25, 0.3) is 0 Å². The molecule has 9 heavy (non-hydrogen) atoms. The highest BCUT2D eigenvalue weighted by Gasteiger charge is 2.07. The van der Waals surface area contributed by atoms with Crippen LogP contribution in [0.2, 0.25) is 0 Å². The van der Waals surface area contributed by atoms with E-state index in [0.29, 0.717) is 12.3 Å². The minimum Gasteiger partial charge on any atom is -0.212 e. The van der Waals surface area contributed by atoms with E-state index in [4.69, 9.17) is 0 Å². The molecule has 0 aromatic heterocycles. The van der Waals surface area contributed by atoms with E-state index in [2.05, 4.69) is 6.08 Å². The standard InChI is InChI=1S/C8H11F/c1-6-3-7(2)5-8(9)4-6/h3-4,7H,5H2,1-2H3/t7-/m1/s1. The SMILES string of the molecule is CC1=C[C@@H](C)CC(F)=C1. The van der Waals surface area contributed by atoms with Crippen molar-refractivity contribution in [1.82, 2.24) is 0 Å². The molecule has 1 heteroatoms. The number of rotatable bonds is 0. The molecular formula is C8H11F. The Labute approximate surface area is 55.1 Å². The second kappa shape index (κ2) is 2.34. The van der Waals surface area contributed by atoms with Gasteiger partial charge in [-0.05, 0) is 18.9 Å². The molecule has 0 nitrogen and oxygen atoms in total. The van der Waals surface area contributed by atoms with Gasteiger partial charge in [0, 0.05) is 6.42 Å². The third-order valence-electron chi connectivity index (χ3n) is 1.45. The van der Waals surface area contributed by atoms with E-state index in [9.17, 15) is 4.39 Å². The van der Waals surface area contributed by atoms with Crippen LogP contribution in [0.25, 0.3) is 0 Å². The van der Waals surface area contributed by atoms with Gasteiger partial charge in [0.2, 0.25) is 0 Å². The monoisotopic (exact) mass is 126 g/mol. The molecule has 50 valence electrons. The van der Waals surface area contributed by atoms with Crippen molar-refractivity contribution in [2.24, 2.45) is 5.92 Å². The van der Waals surface area contributed by atoms with Gasteiger partial charge < -0.3 is 0 Å². The molecule has 0 saturated carbocycles. The lowest BCUT2D eigenvalue weighted by Gasteiger charge is -2.10. The van der Waals surface area contributed by atoms with Crippen molar-refractivity contribution >= 4 is 0 Å². The Balaban J connectivity index is 2.74. The van der Waals surface area contributed by atoms with Crippen LogP contribution in [0.5, 0.6) is 0 Å². The summed E-state index contributed by atoms with van der Waals surface area (Å²) in [7, 11) is 0. The number of allylic oxidation sites excluding steroid dienone is 4. The Morgan fingerprint density at radius 3 is 2.78 bits per heavy atom. The molecule has 0 fully saturated rings. The fourth-order valence-electron chi connectivity index (χ4n) is 1.17. The van der Waals surface area contributed by atoms with Crippen LogP contribution in [0.15, 0.2) is 23.6 Å². The molecule has 0 saturated heterocycles. The van der Waals surface area contributed by atoms with Crippen LogP contribution in [0.1, 0.15) is 20.3 Å². The Morgan fingerprint density at radius 2 is 2.33 bits per heavy atom. The van der Waals surface area contributed by atoms with Gasteiger partial charge in [-0.2, -0.15) is 0 Å². The lowest BCUT2D eigenvalue weighted by Crippen LogP contribution is -1.96. The number of hydrogen-bond acceptors (Lipinski definition) is 0. The summed E-state index contributed by atoms with van der Waals surface area (Å²) in [5, 5.41) is 0. The Morgan fingerprint density at radius 1 is 1.67 bits per heavy atom. The van der Waals surface area contributed by atoms with Gasteiger partial charge in [0.05, 0.1) is 0 Å². The summed E-state index contributed by atoms with van der Waals surface area (Å²) in [4.78, 5) is 0. The predicted molar refractivity (Wildman–Crippen MR) is 36.7 cm³/mol. The van der Waals surface area contributed by atoms with Gasteiger partial charge in [-0.1, -0.05) is 18.6 Å². The molecule has 0 heterocycles. The third kappa shape index (κ3) is 1.67. The van der Waals surface area contributed by atoms with E-state index in [1.807, 2.05) is 13.8 Å². The summed E-state index contributed by atoms with van der Waals surface area (Å²) >= 11 is 0. The van der Waals surface area contributed by atoms with E-state index in [-0.39, 0.29) is 5.83 Å². The number of halogens is 1. The summed E-state index contributed by atoms with van der Waals surface area (Å²) in [5.74, 6) is 0.400. The number of hydrogen-bond donors (Lipinski definition) is 0. The maximum atomic E-state index is 12.5. The zero-order chi connectivity index (χ0) is 6.85. The molecule has 1 aliphatic rings. The van der Waals surface area contributed by atoms with Crippen LogP contribution < -0.4 is 0 Å². The summed E-state index contributed by atoms with van der Waals surface area (Å²) in [6.07, 6.45) is 4.26. The van der Waals surface area contributed by atoms with E-state index in [1.54, 1.807) is 6.08 Å². The van der Waals surface area contributed by atoms with Gasteiger partial charge in [-0.3, -0.25) is 0 Å². The van der Waals surface area contributed by atoms with Crippen LogP contribution in [-0.2, 0) is 0 Å². The van der Waals surface area contributed by atoms with Gasteiger partial charge in [-0.15, -0.1) is 0 Å². The van der Waals surface area contributed by atoms with Crippen molar-refractivity contribution in [2.75, 3.05) is 0 Å². The second-order valence-corrected chi connectivity index (χ2v) is 2.68. The smallest absolute Gasteiger partial charge is 0.101 e. The quantitative estimate of drug-likeness (QED) is 0.468. The molecule has 0 amide bonds. The summed E-state index contributed by atoms with van der Waals surface area (Å²) in [6, 6.07) is 0. The molecule has 0 bridgehead atoms. The van der Waals surface area contributed by atoms with Gasteiger partial charge in [0.15, 0.2) is 0 Å². The van der Waals surface area contributed by atoms with Gasteiger partial charge in [-0.25, -0.2) is 4.39 Å². The normalized spacial score (nSPS) is 27.2. The van der Waals surface area contributed by atoms with E-state index in [1.165, 1.54) is 0 Å². The molecule has 1 atom stereocenters. The van der Waals surface area contributed by atoms with Crippen molar-refractivity contribution in [2.45, 2.75) is 20.3 Å². The molecule has 0 aromatic rings. The lowest BCUT2D eigenvalue weighted by atomic mass is 9.98. The molecule has 0 N–H and O–H groups in total. The Bertz CT molecular complexity index is 165. The first-order chi connectivity index (χ1) is 4.18. The fourth-order valence-corrected chi connectivity index (χ4v) is 1.17. The van der Waals surface area contributed by atoms with Crippen molar-refractivity contribution in [3.05, 3.63) is 23.6 Å². The molecule has 0 unspecified atom stereocenters. The maximum Gasteiger partial charge on any atom is 0.101 e. The Kier molecular flexibility index (Phi) is 1.70. The van der Waals surface area contributed by atoms with Gasteiger partial charge in [0.1, 0.15) is 5.83 Å². The summed E-state index contributed by atoms with van der Waals surface area (Å²) < 4.78 is 12.5. The zero-order valence-electron chi connectivity index (χ0n) is 5.82. The maximum absolute atomic E-state index is 12.5. The highest BCUT2D eigenvalue weighted by molar-refractivity contribution is 5.23. The zero-order valence-corrected chi connectivity index (χ0v) is 5.82. The van der Waals surface area contributed by atoms with Gasteiger partial charge >= 0.3 is 0 Å². The van der Waals surface area contributed by atoms with Crippen LogP contribution in [-0.4, -0.2) is 0 Å². The average molecular weight is 126 g/mol. The van der Waals surface area contributed by atoms with Crippen molar-refractivity contribution in [1.29, 1.82) is 0 Å². The largest absolute Gasteiger partial charge is 0.212 e. The first kappa shape index (κ1) is 6.53. The van der Waals surface area contributed by atoms with Crippen LogP contribution in [0.3, 0.4) is 0 Å². The first-order valence-electron chi connectivity index (χ1n) is 3.23. The highest BCUT2D eigenvalue weighted by Crippen LogP contribution is 2.22. The Hall–Kier alpha value is -0.590. The third-order valence-corrected chi connectivity index (χ3v) is 1.45. The molecule has 0 aliphatic heterocycles. The van der Waals surface area contributed by atoms with E-state index in [0.717, 1.165) is 5.57 Å². The first-order valence-corrected chi connectivity index (χ1v) is 3.23. The average Bonchev–Trinajstić information content (AvgIpc) is 1.59. The summed E-state index contributed by atoms with van der Waals surface area (Å²) in [5.41, 5.74) is 1.05. The molecular weight excluding hydrogens is 115 g/mol. The molecule has 1 aliphatic carbocycles. The summed E-state index contributed by atoms with van der Waals surface area (Å²) in [6.45, 7) is 3.95. The molecule has 0 spiro atoms. The van der Waals surface area contributed by atoms with E-state index >= 15 is 0 Å². The van der Waals surface area contributed by atoms with Crippen molar-refractivity contribution in [3.8, 4) is 0 Å². The molecule has 0 radical (unpaired) electrons. The van der Waals surface area contributed by atoms with Crippen molar-refractivity contribution in [3.63, 3.8) is 0 Å². The predicted octanol–water partition coefficient (Wildman–Crippen LogP) is 2.83.